The second-order valence-electron chi connectivity index (χ2n) is 5.07. The normalized spacial score (nSPS) is 30.6. The smallest absolute Gasteiger partial charge is 0.379 e. The third kappa shape index (κ3) is 5.26. The molecule has 1 amide bonds. The van der Waals surface area contributed by atoms with Gasteiger partial charge in [0.25, 0.3) is 0 Å². The van der Waals surface area contributed by atoms with Crippen LogP contribution in [0.1, 0.15) is 25.7 Å². The van der Waals surface area contributed by atoms with Crippen LogP contribution in [0.25, 0.3) is 0 Å². The molecule has 2 rings (SSSR count). The molecular weight excluding hydrogens is 279 g/mol. The van der Waals surface area contributed by atoms with Crippen molar-refractivity contribution in [2.45, 2.75) is 50.3 Å². The summed E-state index contributed by atoms with van der Waals surface area (Å²) >= 11 is 0. The molecule has 5 nitrogen and oxygen atoms in total. The summed E-state index contributed by atoms with van der Waals surface area (Å²) in [6, 6.07) is 0.00236. The molecule has 2 fully saturated rings. The lowest BCUT2D eigenvalue weighted by molar-refractivity contribution is -0.357. The zero-order valence-electron chi connectivity index (χ0n) is 10.9. The zero-order chi connectivity index (χ0) is 14.6. The molecule has 0 aromatic heterocycles. The van der Waals surface area contributed by atoms with Crippen molar-refractivity contribution < 1.29 is 32.2 Å². The van der Waals surface area contributed by atoms with E-state index in [9.17, 15) is 18.0 Å². The summed E-state index contributed by atoms with van der Waals surface area (Å²) in [5.41, 5.74) is 0. The fourth-order valence-electron chi connectivity index (χ4n) is 2.26. The van der Waals surface area contributed by atoms with Crippen molar-refractivity contribution in [2.75, 3.05) is 19.8 Å². The summed E-state index contributed by atoms with van der Waals surface area (Å²) < 4.78 is 50.0. The van der Waals surface area contributed by atoms with Crippen molar-refractivity contribution in [3.05, 3.63) is 0 Å². The van der Waals surface area contributed by atoms with Crippen molar-refractivity contribution in [2.24, 2.45) is 0 Å². The number of hydrogen-bond donors (Lipinski definition) is 1. The van der Waals surface area contributed by atoms with Crippen molar-refractivity contribution in [3.63, 3.8) is 0 Å². The Bertz CT molecular complexity index is 325. The number of amides is 1. The van der Waals surface area contributed by atoms with Gasteiger partial charge in [-0.25, -0.2) is 0 Å². The van der Waals surface area contributed by atoms with Crippen LogP contribution in [-0.4, -0.2) is 50.3 Å². The van der Waals surface area contributed by atoms with Gasteiger partial charge in [0.15, 0.2) is 0 Å². The van der Waals surface area contributed by atoms with Gasteiger partial charge in [-0.3, -0.25) is 9.53 Å². The Balaban J connectivity index is 1.54. The molecule has 0 radical (unpaired) electrons. The molecule has 1 atom stereocenters. The highest BCUT2D eigenvalue weighted by molar-refractivity contribution is 5.77. The van der Waals surface area contributed by atoms with Gasteiger partial charge in [0.1, 0.15) is 6.61 Å². The standard InChI is InChI=1S/C12H18F3NO4/c13-12(14,15)20-10-4-9(5-10)19-7-11(17)16-8-2-1-3-18-6-8/h8-10H,1-7H2,(H,16,17). The summed E-state index contributed by atoms with van der Waals surface area (Å²) in [7, 11) is 0. The lowest BCUT2D eigenvalue weighted by atomic mass is 9.92. The summed E-state index contributed by atoms with van der Waals surface area (Å²) in [4.78, 5) is 11.6. The number of halogens is 3. The molecule has 1 N–H and O–H groups in total. The molecule has 20 heavy (non-hydrogen) atoms. The van der Waals surface area contributed by atoms with Gasteiger partial charge >= 0.3 is 6.36 Å². The van der Waals surface area contributed by atoms with Gasteiger partial charge in [-0.1, -0.05) is 0 Å². The second kappa shape index (κ2) is 6.73. The van der Waals surface area contributed by atoms with Crippen molar-refractivity contribution in [3.8, 4) is 0 Å². The third-order valence-corrected chi connectivity index (χ3v) is 3.33. The molecule has 1 saturated carbocycles. The van der Waals surface area contributed by atoms with E-state index in [0.717, 1.165) is 12.8 Å². The number of alkyl halides is 3. The molecule has 0 spiro atoms. The number of ether oxygens (including phenoxy) is 3. The Morgan fingerprint density at radius 1 is 1.30 bits per heavy atom. The van der Waals surface area contributed by atoms with Crippen molar-refractivity contribution in [1.82, 2.24) is 5.32 Å². The first-order chi connectivity index (χ1) is 9.42. The van der Waals surface area contributed by atoms with Crippen LogP contribution >= 0.6 is 0 Å². The minimum Gasteiger partial charge on any atom is -0.379 e. The van der Waals surface area contributed by atoms with Crippen LogP contribution in [-0.2, 0) is 19.0 Å². The topological polar surface area (TPSA) is 56.8 Å². The molecule has 2 aliphatic rings. The monoisotopic (exact) mass is 297 g/mol. The van der Waals surface area contributed by atoms with Gasteiger partial charge in [-0.05, 0) is 12.8 Å². The quantitative estimate of drug-likeness (QED) is 0.832. The maximum atomic E-state index is 11.9. The van der Waals surface area contributed by atoms with Crippen molar-refractivity contribution in [1.29, 1.82) is 0 Å². The SMILES string of the molecule is O=C(COC1CC(OC(F)(F)F)C1)NC1CCCOC1. The van der Waals surface area contributed by atoms with E-state index < -0.39 is 12.5 Å². The molecule has 1 heterocycles. The predicted molar refractivity (Wildman–Crippen MR) is 61.9 cm³/mol. The number of carbonyl (C=O) groups excluding carboxylic acids is 1. The van der Waals surface area contributed by atoms with Crippen LogP contribution in [0.5, 0.6) is 0 Å². The molecule has 1 aliphatic heterocycles. The van der Waals surface area contributed by atoms with E-state index in [-0.39, 0.29) is 37.5 Å². The second-order valence-corrected chi connectivity index (χ2v) is 5.07. The average molecular weight is 297 g/mol. The summed E-state index contributed by atoms with van der Waals surface area (Å²) in [6.07, 6.45) is -3.68. The van der Waals surface area contributed by atoms with Crippen molar-refractivity contribution >= 4 is 5.91 Å². The first-order valence-corrected chi connectivity index (χ1v) is 6.65. The molecule has 116 valence electrons. The molecule has 0 aromatic carbocycles. The van der Waals surface area contributed by atoms with Gasteiger partial charge in [0.2, 0.25) is 5.91 Å². The molecule has 0 aromatic rings. The van der Waals surface area contributed by atoms with E-state index in [1.54, 1.807) is 0 Å². The van der Waals surface area contributed by atoms with E-state index >= 15 is 0 Å². The minimum absolute atomic E-state index is 0.00236. The first kappa shape index (κ1) is 15.5. The third-order valence-electron chi connectivity index (χ3n) is 3.33. The lowest BCUT2D eigenvalue weighted by Crippen LogP contribution is -2.45. The Kier molecular flexibility index (Phi) is 5.22. The van der Waals surface area contributed by atoms with Crippen LogP contribution in [0.3, 0.4) is 0 Å². The van der Waals surface area contributed by atoms with Crippen LogP contribution in [0.2, 0.25) is 0 Å². The number of nitrogens with one attached hydrogen (secondary N) is 1. The molecule has 1 unspecified atom stereocenters. The fraction of sp³-hybridized carbons (Fsp3) is 0.917. The van der Waals surface area contributed by atoms with Gasteiger partial charge in [0, 0.05) is 19.4 Å². The fourth-order valence-corrected chi connectivity index (χ4v) is 2.26. The number of hydrogen-bond acceptors (Lipinski definition) is 4. The predicted octanol–water partition coefficient (Wildman–Crippen LogP) is 1.37. The Morgan fingerprint density at radius 2 is 2.05 bits per heavy atom. The lowest BCUT2D eigenvalue weighted by Gasteiger charge is -2.35. The highest BCUT2D eigenvalue weighted by Crippen LogP contribution is 2.31. The van der Waals surface area contributed by atoms with Crippen LogP contribution in [0, 0.1) is 0 Å². The maximum absolute atomic E-state index is 11.9. The summed E-state index contributed by atoms with van der Waals surface area (Å²) in [6.45, 7) is 1.07. The van der Waals surface area contributed by atoms with Gasteiger partial charge in [-0.15, -0.1) is 13.2 Å². The molecular formula is C12H18F3NO4. The van der Waals surface area contributed by atoms with Crippen LogP contribution in [0.4, 0.5) is 13.2 Å². The summed E-state index contributed by atoms with van der Waals surface area (Å²) in [5.74, 6) is -0.263. The minimum atomic E-state index is -4.60. The van der Waals surface area contributed by atoms with Crippen LogP contribution < -0.4 is 5.32 Å². The van der Waals surface area contributed by atoms with E-state index in [1.165, 1.54) is 0 Å². The first-order valence-electron chi connectivity index (χ1n) is 6.65. The zero-order valence-corrected chi connectivity index (χ0v) is 10.9. The Morgan fingerprint density at radius 3 is 2.65 bits per heavy atom. The van der Waals surface area contributed by atoms with Gasteiger partial charge < -0.3 is 14.8 Å². The Hall–Kier alpha value is -0.860. The van der Waals surface area contributed by atoms with Gasteiger partial charge in [0.05, 0.1) is 24.9 Å². The average Bonchev–Trinajstić information content (AvgIpc) is 2.32. The number of carbonyl (C=O) groups is 1. The largest absolute Gasteiger partial charge is 0.522 e. The van der Waals surface area contributed by atoms with Crippen LogP contribution in [0.15, 0.2) is 0 Å². The summed E-state index contributed by atoms with van der Waals surface area (Å²) in [5, 5.41) is 2.77. The highest BCUT2D eigenvalue weighted by Gasteiger charge is 2.40. The van der Waals surface area contributed by atoms with E-state index in [2.05, 4.69) is 10.1 Å². The molecule has 1 aliphatic carbocycles. The van der Waals surface area contributed by atoms with E-state index in [4.69, 9.17) is 9.47 Å². The molecule has 1 saturated heterocycles. The maximum Gasteiger partial charge on any atom is 0.522 e. The van der Waals surface area contributed by atoms with Gasteiger partial charge in [-0.2, -0.15) is 0 Å². The highest BCUT2D eigenvalue weighted by atomic mass is 19.4. The number of rotatable bonds is 5. The molecule has 8 heteroatoms. The van der Waals surface area contributed by atoms with E-state index in [1.807, 2.05) is 0 Å². The molecule has 0 bridgehead atoms. The Labute approximate surface area is 114 Å². The van der Waals surface area contributed by atoms with E-state index in [0.29, 0.717) is 13.2 Å².